The van der Waals surface area contributed by atoms with Crippen molar-refractivity contribution in [2.75, 3.05) is 0 Å². The summed E-state index contributed by atoms with van der Waals surface area (Å²) in [6.07, 6.45) is 44.5. The number of benzene rings is 1. The van der Waals surface area contributed by atoms with Crippen molar-refractivity contribution in [3.63, 3.8) is 0 Å². The van der Waals surface area contributed by atoms with Gasteiger partial charge >= 0.3 is 291 Å². The van der Waals surface area contributed by atoms with Crippen molar-refractivity contribution in [3.8, 4) is 0 Å². The van der Waals surface area contributed by atoms with E-state index in [4.69, 9.17) is 15.0 Å². The van der Waals surface area contributed by atoms with Gasteiger partial charge in [0.15, 0.2) is 0 Å². The predicted octanol–water partition coefficient (Wildman–Crippen LogP) is 7.65. The molecule has 5 unspecified atom stereocenters. The van der Waals surface area contributed by atoms with Gasteiger partial charge in [0.25, 0.3) is 0 Å². The van der Waals surface area contributed by atoms with Gasteiger partial charge in [0.2, 0.25) is 0 Å². The van der Waals surface area contributed by atoms with Gasteiger partial charge in [-0.3, -0.25) is 0 Å². The van der Waals surface area contributed by atoms with Gasteiger partial charge < -0.3 is 5.32 Å². The van der Waals surface area contributed by atoms with Crippen LogP contribution in [0.3, 0.4) is 0 Å². The molecule has 0 radical (unpaired) electrons. The average Bonchev–Trinajstić information content (AvgIpc) is 3.67. The molecule has 0 aromatic heterocycles. The van der Waals surface area contributed by atoms with E-state index in [1.54, 1.807) is 0 Å². The Kier molecular flexibility index (Phi) is 16.5. The molecular formula is C53H65IN9P. The SMILES string of the molecule is C=CCC(C=C)NC(=C)C=C(C)c1ccccc1C1=NC(N(C(C)=CC=CC)C2=CCCC(C3=CC=CC(NC4=CC=CCC4)[I-]3)=C2)N=C([PH2+]C2=NC(C)(CC3=CC=CCC3)NN2)N1. The molecule has 5 N–H and O–H groups in total. The number of hydrogen-bond acceptors (Lipinski definition) is 9. The topological polar surface area (TPSA) is 100 Å². The Bertz CT molecular complexity index is 2410. The molecule has 0 spiro atoms. The molecule has 0 fully saturated rings. The first-order valence-electron chi connectivity index (χ1n) is 22.5. The van der Waals surface area contributed by atoms with Crippen LogP contribution < -0.4 is 48.0 Å². The van der Waals surface area contributed by atoms with Crippen LogP contribution >= 0.6 is 8.58 Å². The fourth-order valence-electron chi connectivity index (χ4n) is 8.34. The minimum absolute atomic E-state index is 0.0482. The number of aliphatic imine (C=N–C) groups is 3. The second-order valence-electron chi connectivity index (χ2n) is 16.8. The number of allylic oxidation sites excluding steroid dienone is 19. The van der Waals surface area contributed by atoms with Crippen molar-refractivity contribution < 1.29 is 21.2 Å². The quantitative estimate of drug-likeness (QED) is 0.0244. The van der Waals surface area contributed by atoms with E-state index in [0.717, 1.165) is 102 Å². The van der Waals surface area contributed by atoms with E-state index >= 15 is 0 Å². The Hall–Kier alpha value is -5.29. The van der Waals surface area contributed by atoms with E-state index in [9.17, 15) is 0 Å². The third-order valence-electron chi connectivity index (χ3n) is 11.5. The number of rotatable bonds is 19. The molecule has 3 aliphatic heterocycles. The number of nitrogens with zero attached hydrogens (tertiary/aromatic N) is 4. The molecule has 3 heterocycles. The van der Waals surface area contributed by atoms with Crippen LogP contribution in [0.2, 0.25) is 0 Å². The van der Waals surface area contributed by atoms with Crippen molar-refractivity contribution in [1.29, 1.82) is 0 Å². The summed E-state index contributed by atoms with van der Waals surface area (Å²) in [6.45, 7) is 20.8. The van der Waals surface area contributed by atoms with E-state index in [-0.39, 0.29) is 27.2 Å². The zero-order chi connectivity index (χ0) is 44.9. The molecule has 7 rings (SSSR count). The Morgan fingerprint density at radius 3 is 2.62 bits per heavy atom. The first kappa shape index (κ1) is 46.7. The van der Waals surface area contributed by atoms with E-state index < -0.39 is 20.5 Å². The monoisotopic (exact) mass is 985 g/mol. The van der Waals surface area contributed by atoms with E-state index in [2.05, 4.69) is 195 Å². The predicted molar refractivity (Wildman–Crippen MR) is 271 cm³/mol. The van der Waals surface area contributed by atoms with Crippen LogP contribution in [0.5, 0.6) is 0 Å². The van der Waals surface area contributed by atoms with Gasteiger partial charge in [-0.05, 0) is 26.2 Å². The molecule has 64 heavy (non-hydrogen) atoms. The molecule has 3 aliphatic carbocycles. The maximum absolute atomic E-state index is 5.51. The Morgan fingerprint density at radius 2 is 1.86 bits per heavy atom. The van der Waals surface area contributed by atoms with E-state index in [1.807, 2.05) is 12.2 Å². The van der Waals surface area contributed by atoms with Crippen molar-refractivity contribution in [3.05, 3.63) is 196 Å². The van der Waals surface area contributed by atoms with Crippen LogP contribution in [-0.2, 0) is 0 Å². The fraction of sp³-hybridized carbons (Fsp3) is 0.302. The van der Waals surface area contributed by atoms with Gasteiger partial charge in [0, 0.05) is 18.2 Å². The molecule has 1 aromatic carbocycles. The van der Waals surface area contributed by atoms with E-state index in [0.29, 0.717) is 4.05 Å². The van der Waals surface area contributed by atoms with Gasteiger partial charge in [-0.25, -0.2) is 0 Å². The normalized spacial score (nSPS) is 24.1. The summed E-state index contributed by atoms with van der Waals surface area (Å²) in [6, 6.07) is 8.50. The molecule has 6 aliphatic rings. The molecule has 0 amide bonds. The standard InChI is InChI=1S/C53H64IN9P/c1-8-11-23-39(6)63(44-29-20-26-41(35-44)47-32-21-33-48(54-47)56-43-27-16-13-17-28-43)50-57-49(46-31-19-18-30-45(46)37(4)34-38(5)55-42(10-3)22-9-2)58-51(59-50)64-52-60-53(7,62-61-52)36-40-24-14-12-15-25-40/h8-14,16,18-19,21,23-24,27,29-35,42,48,50,55-56,62,64H,2-3,5,15,17,20,22,25-26,28,36H2,1,4,6-7H3,(H,60,61)(H,57,58,59)/q-1/p+1. The Labute approximate surface area is 393 Å². The summed E-state index contributed by atoms with van der Waals surface area (Å²) < 4.78 is 1.85. The summed E-state index contributed by atoms with van der Waals surface area (Å²) in [5.41, 5.74) is 18.5. The number of amidine groups is 3. The number of halogens is 1. The first-order valence-corrected chi connectivity index (χ1v) is 26.0. The summed E-state index contributed by atoms with van der Waals surface area (Å²) in [5.74, 6) is 0.768. The van der Waals surface area contributed by atoms with Crippen LogP contribution in [0.4, 0.5) is 0 Å². The zero-order valence-corrected chi connectivity index (χ0v) is 41.2. The van der Waals surface area contributed by atoms with Crippen LogP contribution in [0.15, 0.2) is 200 Å². The van der Waals surface area contributed by atoms with Crippen molar-refractivity contribution in [1.82, 2.24) is 31.7 Å². The fourth-order valence-corrected chi connectivity index (χ4v) is 12.5. The molecule has 5 atom stereocenters. The molecule has 1 aromatic rings. The Morgan fingerprint density at radius 1 is 1.03 bits per heavy atom. The molecule has 0 saturated carbocycles. The molecule has 0 saturated heterocycles. The van der Waals surface area contributed by atoms with Gasteiger partial charge in [0.05, 0.1) is 0 Å². The van der Waals surface area contributed by atoms with Crippen molar-refractivity contribution in [2.45, 2.75) is 101 Å². The van der Waals surface area contributed by atoms with Gasteiger partial charge in [0.1, 0.15) is 0 Å². The Balaban J connectivity index is 1.25. The summed E-state index contributed by atoms with van der Waals surface area (Å²) in [7, 11) is -0.548. The van der Waals surface area contributed by atoms with Crippen molar-refractivity contribution >= 4 is 31.1 Å². The number of alkyl halides is 1. The van der Waals surface area contributed by atoms with Gasteiger partial charge in [-0.15, -0.1) is 13.2 Å². The van der Waals surface area contributed by atoms with Crippen LogP contribution in [0, 0.1) is 0 Å². The summed E-state index contributed by atoms with van der Waals surface area (Å²) in [4.78, 5) is 18.6. The zero-order valence-electron chi connectivity index (χ0n) is 37.9. The van der Waals surface area contributed by atoms with Crippen molar-refractivity contribution in [2.24, 2.45) is 15.0 Å². The summed E-state index contributed by atoms with van der Waals surface area (Å²) >= 11 is -0.305. The second-order valence-corrected chi connectivity index (χ2v) is 21.3. The van der Waals surface area contributed by atoms with Gasteiger partial charge in [-0.1, -0.05) is 42.5 Å². The number of hydrogen-bond donors (Lipinski definition) is 5. The second kappa shape index (κ2) is 22.6. The summed E-state index contributed by atoms with van der Waals surface area (Å²) in [5, 5.41) is 11.1. The number of nitrogens with one attached hydrogen (secondary N) is 5. The molecule has 334 valence electrons. The molecule has 0 bridgehead atoms. The first-order chi connectivity index (χ1) is 31.1. The van der Waals surface area contributed by atoms with Crippen LogP contribution in [-0.4, -0.2) is 43.9 Å². The molecule has 9 nitrogen and oxygen atoms in total. The average molecular weight is 986 g/mol. The molecular weight excluding hydrogens is 921 g/mol. The third-order valence-corrected chi connectivity index (χ3v) is 15.7. The third kappa shape index (κ3) is 12.5. The van der Waals surface area contributed by atoms with E-state index in [1.165, 1.54) is 20.4 Å². The van der Waals surface area contributed by atoms with Crippen LogP contribution in [0.25, 0.3) is 5.57 Å². The maximum atomic E-state index is 5.51. The molecule has 11 heteroatoms. The van der Waals surface area contributed by atoms with Gasteiger partial charge in [-0.2, -0.15) is 0 Å². The minimum atomic E-state index is -0.570. The van der Waals surface area contributed by atoms with Crippen LogP contribution in [0.1, 0.15) is 90.2 Å². The number of hydrazine groups is 1.